The van der Waals surface area contributed by atoms with Crippen LogP contribution >= 0.6 is 0 Å². The van der Waals surface area contributed by atoms with Crippen LogP contribution in [0.5, 0.6) is 0 Å². The van der Waals surface area contributed by atoms with E-state index in [1.807, 2.05) is 0 Å². The lowest BCUT2D eigenvalue weighted by molar-refractivity contribution is -0.128. The topological polar surface area (TPSA) is 56.5 Å². The summed E-state index contributed by atoms with van der Waals surface area (Å²) in [5, 5.41) is 0. The molecule has 0 radical (unpaired) electrons. The maximum Gasteiger partial charge on any atom is 0.0770 e. The average molecular weight is 282 g/mol. The second-order valence-corrected chi connectivity index (χ2v) is 7.14. The van der Waals surface area contributed by atoms with Gasteiger partial charge in [0.15, 0.2) is 0 Å². The Bertz CT molecular complexity index is 312. The molecule has 3 N–H and O–H groups in total. The molecule has 4 heteroatoms. The van der Waals surface area contributed by atoms with Crippen molar-refractivity contribution >= 4 is 0 Å². The van der Waals surface area contributed by atoms with E-state index in [1.165, 1.54) is 32.1 Å². The van der Waals surface area contributed by atoms with Crippen LogP contribution in [0.1, 0.15) is 58.3 Å². The highest BCUT2D eigenvalue weighted by Gasteiger charge is 2.44. The summed E-state index contributed by atoms with van der Waals surface area (Å²) >= 11 is 0. The van der Waals surface area contributed by atoms with Gasteiger partial charge in [0, 0.05) is 13.2 Å². The summed E-state index contributed by atoms with van der Waals surface area (Å²) in [6, 6.07) is 0.287. The highest BCUT2D eigenvalue weighted by molar-refractivity contribution is 4.96. The second kappa shape index (κ2) is 6.30. The molecule has 1 spiro atoms. The molecule has 0 bridgehead atoms. The highest BCUT2D eigenvalue weighted by Crippen LogP contribution is 2.43. The first-order valence-corrected chi connectivity index (χ1v) is 8.46. The Labute approximate surface area is 122 Å². The van der Waals surface area contributed by atoms with E-state index in [2.05, 4.69) is 12.3 Å². The SMILES string of the molecule is CC1CCOC1C(NN)C1CCOC2(CCCCC2)C1. The number of rotatable bonds is 3. The van der Waals surface area contributed by atoms with Gasteiger partial charge in [-0.1, -0.05) is 26.2 Å². The minimum atomic E-state index is 0.151. The number of ether oxygens (including phenoxy) is 2. The summed E-state index contributed by atoms with van der Waals surface area (Å²) in [5.74, 6) is 7.10. The molecule has 3 aliphatic rings. The van der Waals surface area contributed by atoms with E-state index in [-0.39, 0.29) is 17.7 Å². The molecule has 116 valence electrons. The van der Waals surface area contributed by atoms with Gasteiger partial charge in [-0.25, -0.2) is 0 Å². The van der Waals surface area contributed by atoms with Gasteiger partial charge >= 0.3 is 0 Å². The minimum Gasteiger partial charge on any atom is -0.376 e. The normalized spacial score (nSPS) is 39.0. The van der Waals surface area contributed by atoms with E-state index >= 15 is 0 Å². The molecule has 3 rings (SSSR count). The number of hydrogen-bond acceptors (Lipinski definition) is 4. The molecule has 2 heterocycles. The molecule has 2 aliphatic heterocycles. The molecule has 1 aliphatic carbocycles. The molecule has 2 saturated heterocycles. The van der Waals surface area contributed by atoms with Crippen LogP contribution < -0.4 is 11.3 Å². The third kappa shape index (κ3) is 2.89. The lowest BCUT2D eigenvalue weighted by atomic mass is 9.72. The van der Waals surface area contributed by atoms with E-state index < -0.39 is 0 Å². The van der Waals surface area contributed by atoms with Crippen molar-refractivity contribution in [3.8, 4) is 0 Å². The van der Waals surface area contributed by atoms with E-state index in [1.54, 1.807) is 0 Å². The largest absolute Gasteiger partial charge is 0.376 e. The van der Waals surface area contributed by atoms with Gasteiger partial charge in [0.05, 0.1) is 17.7 Å². The fourth-order valence-electron chi connectivity index (χ4n) is 4.59. The maximum atomic E-state index is 6.21. The number of hydrazine groups is 1. The Balaban J connectivity index is 1.68. The smallest absolute Gasteiger partial charge is 0.0770 e. The quantitative estimate of drug-likeness (QED) is 0.616. The van der Waals surface area contributed by atoms with Gasteiger partial charge in [-0.05, 0) is 43.9 Å². The number of hydrogen-bond donors (Lipinski definition) is 2. The lowest BCUT2D eigenvalue weighted by Crippen LogP contribution is -2.55. The van der Waals surface area contributed by atoms with Crippen molar-refractivity contribution in [3.05, 3.63) is 0 Å². The summed E-state index contributed by atoms with van der Waals surface area (Å²) in [6.07, 6.45) is 10.2. The molecular formula is C16H30N2O2. The van der Waals surface area contributed by atoms with E-state index in [0.717, 1.165) is 32.5 Å². The Morgan fingerprint density at radius 2 is 1.95 bits per heavy atom. The molecule has 0 aromatic carbocycles. The van der Waals surface area contributed by atoms with Crippen molar-refractivity contribution in [3.63, 3.8) is 0 Å². The van der Waals surface area contributed by atoms with Crippen molar-refractivity contribution in [2.45, 2.75) is 76.0 Å². The molecule has 0 aromatic rings. The molecule has 0 aromatic heterocycles. The van der Waals surface area contributed by atoms with Gasteiger partial charge in [-0.3, -0.25) is 11.3 Å². The molecular weight excluding hydrogens is 252 g/mol. The Kier molecular flexibility index (Phi) is 4.65. The van der Waals surface area contributed by atoms with Gasteiger partial charge in [0.1, 0.15) is 0 Å². The summed E-state index contributed by atoms with van der Waals surface area (Å²) < 4.78 is 12.2. The monoisotopic (exact) mass is 282 g/mol. The minimum absolute atomic E-state index is 0.151. The Morgan fingerprint density at radius 3 is 2.60 bits per heavy atom. The van der Waals surface area contributed by atoms with Crippen molar-refractivity contribution in [2.24, 2.45) is 17.7 Å². The van der Waals surface area contributed by atoms with Gasteiger partial charge < -0.3 is 9.47 Å². The predicted octanol–water partition coefficient (Wildman–Crippen LogP) is 2.37. The third-order valence-electron chi connectivity index (χ3n) is 5.79. The van der Waals surface area contributed by atoms with Gasteiger partial charge in [0.25, 0.3) is 0 Å². The van der Waals surface area contributed by atoms with Crippen LogP contribution in [0, 0.1) is 11.8 Å². The van der Waals surface area contributed by atoms with Crippen LogP contribution in [0.3, 0.4) is 0 Å². The van der Waals surface area contributed by atoms with Crippen LogP contribution in [-0.4, -0.2) is 31.0 Å². The van der Waals surface area contributed by atoms with Crippen LogP contribution in [0.4, 0.5) is 0 Å². The lowest BCUT2D eigenvalue weighted by Gasteiger charge is -2.46. The summed E-state index contributed by atoms with van der Waals surface area (Å²) in [7, 11) is 0. The van der Waals surface area contributed by atoms with Gasteiger partial charge in [-0.2, -0.15) is 0 Å². The van der Waals surface area contributed by atoms with Crippen molar-refractivity contribution in [2.75, 3.05) is 13.2 Å². The zero-order valence-electron chi connectivity index (χ0n) is 12.8. The molecule has 4 nitrogen and oxygen atoms in total. The Morgan fingerprint density at radius 1 is 1.15 bits per heavy atom. The van der Waals surface area contributed by atoms with Crippen LogP contribution in [0.2, 0.25) is 0 Å². The predicted molar refractivity (Wildman–Crippen MR) is 79.1 cm³/mol. The molecule has 4 atom stereocenters. The molecule has 3 fully saturated rings. The van der Waals surface area contributed by atoms with E-state index in [9.17, 15) is 0 Å². The zero-order valence-corrected chi connectivity index (χ0v) is 12.8. The van der Waals surface area contributed by atoms with Crippen LogP contribution in [0.25, 0.3) is 0 Å². The molecule has 1 saturated carbocycles. The Hall–Kier alpha value is -0.160. The highest BCUT2D eigenvalue weighted by atomic mass is 16.5. The maximum absolute atomic E-state index is 6.21. The summed E-state index contributed by atoms with van der Waals surface area (Å²) in [6.45, 7) is 4.07. The van der Waals surface area contributed by atoms with E-state index in [0.29, 0.717) is 11.8 Å². The summed E-state index contributed by atoms with van der Waals surface area (Å²) in [5.41, 5.74) is 3.24. The van der Waals surface area contributed by atoms with Crippen LogP contribution in [-0.2, 0) is 9.47 Å². The second-order valence-electron chi connectivity index (χ2n) is 7.14. The van der Waals surface area contributed by atoms with Crippen LogP contribution in [0.15, 0.2) is 0 Å². The molecule has 20 heavy (non-hydrogen) atoms. The third-order valence-corrected chi connectivity index (χ3v) is 5.79. The fourth-order valence-corrected chi connectivity index (χ4v) is 4.59. The fraction of sp³-hybridized carbons (Fsp3) is 1.00. The average Bonchev–Trinajstić information content (AvgIpc) is 2.87. The van der Waals surface area contributed by atoms with Gasteiger partial charge in [0.2, 0.25) is 0 Å². The van der Waals surface area contributed by atoms with Gasteiger partial charge in [-0.15, -0.1) is 0 Å². The van der Waals surface area contributed by atoms with Crippen molar-refractivity contribution < 1.29 is 9.47 Å². The van der Waals surface area contributed by atoms with Crippen molar-refractivity contribution in [1.82, 2.24) is 5.43 Å². The van der Waals surface area contributed by atoms with Crippen molar-refractivity contribution in [1.29, 1.82) is 0 Å². The first kappa shape index (κ1) is 14.8. The number of nitrogens with two attached hydrogens (primary N) is 1. The first-order valence-electron chi connectivity index (χ1n) is 8.46. The van der Waals surface area contributed by atoms with E-state index in [4.69, 9.17) is 15.3 Å². The number of nitrogens with one attached hydrogen (secondary N) is 1. The molecule has 0 amide bonds. The molecule has 4 unspecified atom stereocenters. The standard InChI is InChI=1S/C16H30N2O2/c1-12-5-9-19-15(12)14(18-17)13-6-10-20-16(11-13)7-3-2-4-8-16/h12-15,18H,2-11,17H2,1H3. The first-order chi connectivity index (χ1) is 9.74. The zero-order chi connectivity index (χ0) is 14.0. The summed E-state index contributed by atoms with van der Waals surface area (Å²) in [4.78, 5) is 0.